The minimum absolute atomic E-state index is 0.529. The third-order valence-corrected chi connectivity index (χ3v) is 3.84. The van der Waals surface area contributed by atoms with Crippen molar-refractivity contribution in [2.45, 2.75) is 33.2 Å². The molecule has 100 valence electrons. The second-order valence-electron chi connectivity index (χ2n) is 4.88. The van der Waals surface area contributed by atoms with E-state index in [1.54, 1.807) is 0 Å². The molecule has 18 heavy (non-hydrogen) atoms. The molecule has 1 aliphatic rings. The fraction of sp³-hybridized carbons (Fsp3) is 0.692. The van der Waals surface area contributed by atoms with Crippen molar-refractivity contribution in [1.82, 2.24) is 14.9 Å². The van der Waals surface area contributed by atoms with Crippen molar-refractivity contribution < 1.29 is 0 Å². The van der Waals surface area contributed by atoms with E-state index in [2.05, 4.69) is 33.6 Å². The Hall–Kier alpha value is -0.870. The first-order valence-corrected chi connectivity index (χ1v) is 6.98. The quantitative estimate of drug-likeness (QED) is 0.788. The second kappa shape index (κ2) is 5.85. The highest BCUT2D eigenvalue weighted by atomic mass is 35.5. The maximum Gasteiger partial charge on any atom is 0.134 e. The Morgan fingerprint density at radius 1 is 1.28 bits per heavy atom. The van der Waals surface area contributed by atoms with E-state index in [1.807, 2.05) is 13.0 Å². The van der Waals surface area contributed by atoms with Crippen LogP contribution in [0.2, 0.25) is 5.15 Å². The lowest BCUT2D eigenvalue weighted by Crippen LogP contribution is -2.49. The van der Waals surface area contributed by atoms with Crippen LogP contribution in [0.5, 0.6) is 0 Å². The standard InChI is InChI=1S/C13H21ClN4/c1-4-10(2)17-5-7-18(8-6-17)13-9-12(14)15-11(3)16-13/h9-10H,4-8H2,1-3H3. The van der Waals surface area contributed by atoms with Gasteiger partial charge >= 0.3 is 0 Å². The fourth-order valence-electron chi connectivity index (χ4n) is 2.33. The number of nitrogens with zero attached hydrogens (tertiary/aromatic N) is 4. The summed E-state index contributed by atoms with van der Waals surface area (Å²) in [6.45, 7) is 10.6. The van der Waals surface area contributed by atoms with Crippen LogP contribution in [0.25, 0.3) is 0 Å². The maximum atomic E-state index is 5.98. The zero-order valence-corrected chi connectivity index (χ0v) is 12.1. The van der Waals surface area contributed by atoms with E-state index in [0.29, 0.717) is 11.2 Å². The number of anilines is 1. The van der Waals surface area contributed by atoms with Crippen molar-refractivity contribution in [3.8, 4) is 0 Å². The summed E-state index contributed by atoms with van der Waals surface area (Å²) in [5.41, 5.74) is 0. The van der Waals surface area contributed by atoms with Crippen LogP contribution in [0.3, 0.4) is 0 Å². The lowest BCUT2D eigenvalue weighted by molar-refractivity contribution is 0.192. The molecular formula is C13H21ClN4. The zero-order chi connectivity index (χ0) is 13.1. The van der Waals surface area contributed by atoms with Crippen LogP contribution in [0, 0.1) is 6.92 Å². The van der Waals surface area contributed by atoms with Crippen molar-refractivity contribution in [2.24, 2.45) is 0 Å². The van der Waals surface area contributed by atoms with E-state index in [4.69, 9.17) is 11.6 Å². The lowest BCUT2D eigenvalue weighted by atomic mass is 10.2. The molecule has 0 spiro atoms. The average Bonchev–Trinajstić information content (AvgIpc) is 2.37. The molecule has 0 amide bonds. The maximum absolute atomic E-state index is 5.98. The van der Waals surface area contributed by atoms with E-state index < -0.39 is 0 Å². The normalized spacial score (nSPS) is 19.0. The van der Waals surface area contributed by atoms with Crippen LogP contribution in [-0.4, -0.2) is 47.1 Å². The van der Waals surface area contributed by atoms with Crippen LogP contribution in [0.15, 0.2) is 6.07 Å². The monoisotopic (exact) mass is 268 g/mol. The molecule has 1 saturated heterocycles. The van der Waals surface area contributed by atoms with Crippen LogP contribution >= 0.6 is 11.6 Å². The van der Waals surface area contributed by atoms with Gasteiger partial charge in [-0.2, -0.15) is 0 Å². The molecule has 1 atom stereocenters. The molecule has 0 aromatic carbocycles. The van der Waals surface area contributed by atoms with Crippen molar-refractivity contribution in [1.29, 1.82) is 0 Å². The molecule has 2 heterocycles. The molecule has 1 aliphatic heterocycles. The van der Waals surface area contributed by atoms with Crippen LogP contribution in [0.1, 0.15) is 26.1 Å². The third-order valence-electron chi connectivity index (χ3n) is 3.65. The molecule has 0 N–H and O–H groups in total. The fourth-order valence-corrected chi connectivity index (χ4v) is 2.55. The van der Waals surface area contributed by atoms with E-state index in [-0.39, 0.29) is 0 Å². The Morgan fingerprint density at radius 2 is 1.94 bits per heavy atom. The first-order valence-electron chi connectivity index (χ1n) is 6.60. The molecule has 1 aromatic heterocycles. The Bertz CT molecular complexity index is 382. The average molecular weight is 269 g/mol. The smallest absolute Gasteiger partial charge is 0.134 e. The molecule has 0 aliphatic carbocycles. The van der Waals surface area contributed by atoms with Gasteiger partial charge in [0.05, 0.1) is 0 Å². The minimum atomic E-state index is 0.529. The SMILES string of the molecule is CCC(C)N1CCN(c2cc(Cl)nc(C)n2)CC1. The Balaban J connectivity index is 2.01. The van der Waals surface area contributed by atoms with Gasteiger partial charge in [0.1, 0.15) is 16.8 Å². The van der Waals surface area contributed by atoms with Gasteiger partial charge < -0.3 is 4.90 Å². The van der Waals surface area contributed by atoms with E-state index in [9.17, 15) is 0 Å². The first kappa shape index (κ1) is 13.6. The molecule has 2 rings (SSSR count). The van der Waals surface area contributed by atoms with E-state index in [1.165, 1.54) is 6.42 Å². The predicted octanol–water partition coefficient (Wildman–Crippen LogP) is 2.36. The molecule has 1 fully saturated rings. The van der Waals surface area contributed by atoms with Crippen LogP contribution < -0.4 is 4.90 Å². The van der Waals surface area contributed by atoms with Crippen molar-refractivity contribution in [3.05, 3.63) is 17.0 Å². The lowest BCUT2D eigenvalue weighted by Gasteiger charge is -2.38. The second-order valence-corrected chi connectivity index (χ2v) is 5.26. The number of halogens is 1. The number of aryl methyl sites for hydroxylation is 1. The molecule has 0 saturated carbocycles. The number of piperazine rings is 1. The van der Waals surface area contributed by atoms with Gasteiger partial charge in [-0.3, -0.25) is 4.90 Å². The number of hydrogen-bond acceptors (Lipinski definition) is 4. The predicted molar refractivity (Wildman–Crippen MR) is 75.3 cm³/mol. The van der Waals surface area contributed by atoms with Crippen molar-refractivity contribution in [2.75, 3.05) is 31.1 Å². The van der Waals surface area contributed by atoms with Crippen molar-refractivity contribution >= 4 is 17.4 Å². The van der Waals surface area contributed by atoms with Gasteiger partial charge in [-0.15, -0.1) is 0 Å². The topological polar surface area (TPSA) is 32.3 Å². The summed E-state index contributed by atoms with van der Waals surface area (Å²) in [5, 5.41) is 0.529. The summed E-state index contributed by atoms with van der Waals surface area (Å²) >= 11 is 5.98. The summed E-state index contributed by atoms with van der Waals surface area (Å²) in [5.74, 6) is 1.69. The highest BCUT2D eigenvalue weighted by Crippen LogP contribution is 2.18. The highest BCUT2D eigenvalue weighted by Gasteiger charge is 2.21. The molecule has 0 radical (unpaired) electrons. The number of hydrogen-bond donors (Lipinski definition) is 0. The van der Waals surface area contributed by atoms with Crippen LogP contribution in [-0.2, 0) is 0 Å². The Morgan fingerprint density at radius 3 is 2.50 bits per heavy atom. The molecule has 5 heteroatoms. The van der Waals surface area contributed by atoms with Gasteiger partial charge in [-0.25, -0.2) is 9.97 Å². The zero-order valence-electron chi connectivity index (χ0n) is 11.4. The molecule has 0 bridgehead atoms. The van der Waals surface area contributed by atoms with Gasteiger partial charge in [-0.1, -0.05) is 18.5 Å². The Labute approximate surface area is 114 Å². The Kier molecular flexibility index (Phi) is 4.40. The largest absolute Gasteiger partial charge is 0.354 e. The van der Waals surface area contributed by atoms with E-state index in [0.717, 1.165) is 37.8 Å². The summed E-state index contributed by atoms with van der Waals surface area (Å²) in [7, 11) is 0. The molecule has 1 aromatic rings. The van der Waals surface area contributed by atoms with Gasteiger partial charge in [0.15, 0.2) is 0 Å². The minimum Gasteiger partial charge on any atom is -0.354 e. The molecule has 4 nitrogen and oxygen atoms in total. The van der Waals surface area contributed by atoms with Gasteiger partial charge in [0, 0.05) is 38.3 Å². The number of rotatable bonds is 3. The van der Waals surface area contributed by atoms with Gasteiger partial charge in [0.2, 0.25) is 0 Å². The summed E-state index contributed by atoms with van der Waals surface area (Å²) in [4.78, 5) is 13.4. The number of aromatic nitrogens is 2. The summed E-state index contributed by atoms with van der Waals surface area (Å²) in [6, 6.07) is 2.52. The van der Waals surface area contributed by atoms with Crippen LogP contribution in [0.4, 0.5) is 5.82 Å². The van der Waals surface area contributed by atoms with Crippen molar-refractivity contribution in [3.63, 3.8) is 0 Å². The van der Waals surface area contributed by atoms with Gasteiger partial charge in [-0.05, 0) is 20.3 Å². The van der Waals surface area contributed by atoms with Gasteiger partial charge in [0.25, 0.3) is 0 Å². The molecule has 1 unspecified atom stereocenters. The first-order chi connectivity index (χ1) is 8.60. The molecular weight excluding hydrogens is 248 g/mol. The summed E-state index contributed by atoms with van der Waals surface area (Å²) in [6.07, 6.45) is 1.21. The highest BCUT2D eigenvalue weighted by molar-refractivity contribution is 6.29. The van der Waals surface area contributed by atoms with E-state index >= 15 is 0 Å². The summed E-state index contributed by atoms with van der Waals surface area (Å²) < 4.78 is 0. The third kappa shape index (κ3) is 3.12.